The highest BCUT2D eigenvalue weighted by atomic mass is 32.2. The molecule has 60 heavy (non-hydrogen) atoms. The zero-order valence-electron chi connectivity index (χ0n) is 34.1. The predicted octanol–water partition coefficient (Wildman–Crippen LogP) is 4.70. The molecule has 15 nitrogen and oxygen atoms in total. The number of halogens is 3. The highest BCUT2D eigenvalue weighted by Crippen LogP contribution is 2.51. The summed E-state index contributed by atoms with van der Waals surface area (Å²) < 4.78 is 94.4. The van der Waals surface area contributed by atoms with Crippen molar-refractivity contribution in [3.8, 4) is 11.5 Å². The number of methoxy groups -OCH3 is 2. The van der Waals surface area contributed by atoms with Crippen molar-refractivity contribution < 1.29 is 59.7 Å². The number of alkyl carbamates (subject to hydrolysis) is 1. The van der Waals surface area contributed by atoms with Crippen LogP contribution in [0.5, 0.6) is 11.5 Å². The molecule has 19 heteroatoms. The van der Waals surface area contributed by atoms with Crippen molar-refractivity contribution in [2.75, 3.05) is 34.0 Å². The molecule has 3 aliphatic heterocycles. The van der Waals surface area contributed by atoms with Crippen LogP contribution in [0.15, 0.2) is 30.4 Å². The first-order valence-electron chi connectivity index (χ1n) is 20.4. The van der Waals surface area contributed by atoms with Crippen LogP contribution >= 0.6 is 0 Å². The summed E-state index contributed by atoms with van der Waals surface area (Å²) in [4.78, 5) is 61.7. The summed E-state index contributed by atoms with van der Waals surface area (Å²) in [6.07, 6.45) is 0.988. The Morgan fingerprint density at radius 2 is 1.87 bits per heavy atom. The normalized spacial score (nSPS) is 28.3. The maximum atomic E-state index is 14.8. The number of pyridine rings is 1. The first-order valence-corrected chi connectivity index (χ1v) is 21.9. The van der Waals surface area contributed by atoms with E-state index in [-0.39, 0.29) is 81.7 Å². The molecule has 4 amide bonds. The van der Waals surface area contributed by atoms with Crippen LogP contribution in [0.25, 0.3) is 10.9 Å². The van der Waals surface area contributed by atoms with E-state index in [0.717, 1.165) is 0 Å². The van der Waals surface area contributed by atoms with Gasteiger partial charge in [-0.3, -0.25) is 19.1 Å². The number of aryl methyl sites for hydroxylation is 1. The van der Waals surface area contributed by atoms with Gasteiger partial charge in [0.1, 0.15) is 33.7 Å². The Morgan fingerprint density at radius 3 is 2.55 bits per heavy atom. The Hall–Kier alpha value is -4.65. The van der Waals surface area contributed by atoms with Crippen LogP contribution in [0.1, 0.15) is 89.3 Å². The van der Waals surface area contributed by atoms with E-state index >= 15 is 0 Å². The highest BCUT2D eigenvalue weighted by molar-refractivity contribution is 7.91. The molecule has 0 radical (unpaired) electrons. The van der Waals surface area contributed by atoms with E-state index < -0.39 is 85.3 Å². The van der Waals surface area contributed by atoms with Gasteiger partial charge in [-0.15, -0.1) is 0 Å². The topological polar surface area (TPSA) is 192 Å². The fourth-order valence-electron chi connectivity index (χ4n) is 8.69. The molecular weight excluding hydrogens is 812 g/mol. The van der Waals surface area contributed by atoms with Crippen molar-refractivity contribution >= 4 is 44.7 Å². The van der Waals surface area contributed by atoms with Crippen LogP contribution in [0, 0.1) is 11.8 Å². The molecule has 5 aliphatic rings. The second kappa shape index (κ2) is 16.3. The van der Waals surface area contributed by atoms with E-state index in [4.69, 9.17) is 18.9 Å². The lowest BCUT2D eigenvalue weighted by Crippen LogP contribution is -2.59. The van der Waals surface area contributed by atoms with Gasteiger partial charge in [0.25, 0.3) is 5.91 Å². The summed E-state index contributed by atoms with van der Waals surface area (Å²) in [5.41, 5.74) is -4.17. The minimum Gasteiger partial charge on any atom is -0.497 e. The van der Waals surface area contributed by atoms with Crippen molar-refractivity contribution in [3.63, 3.8) is 0 Å². The number of fused-ring (bicyclic) bond motifs is 5. The molecule has 1 aromatic heterocycles. The van der Waals surface area contributed by atoms with Gasteiger partial charge in [-0.1, -0.05) is 38.8 Å². The molecule has 1 spiro atoms. The standard InChI is InChI=1S/C41H52F3N5O10S/c1-24(2)21-58-37(53)46-30-11-9-7-5-6-8-10-25-19-40(25,36(52)48-60(54,55)39(16-17-39)23-56-3)47-34(50)31-20-38(22-49(31)35(30)51)15-14-27-28-18-26(57-4)12-13-29(28)45-33(32(27)59-38)41(42,43)44/h8,10,12-13,18,24-25,30-31H,5-7,9,11,14-17,19-23H2,1-4H3,(H,46,53)(H,47,50)(H,48,52)/b10-8-/t25-,30+,31+,38-,40-/m1/s1. The summed E-state index contributed by atoms with van der Waals surface area (Å²) in [6.45, 7) is 3.31. The number of allylic oxidation sites excluding steroid dienone is 1. The lowest BCUT2D eigenvalue weighted by atomic mass is 9.87. The Balaban J connectivity index is 1.26. The lowest BCUT2D eigenvalue weighted by Gasteiger charge is -2.37. The Bertz CT molecular complexity index is 2180. The number of benzene rings is 1. The first-order chi connectivity index (χ1) is 28.4. The summed E-state index contributed by atoms with van der Waals surface area (Å²) in [6, 6.07) is 1.94. The van der Waals surface area contributed by atoms with Crippen LogP contribution in [0.2, 0.25) is 0 Å². The van der Waals surface area contributed by atoms with E-state index in [1.165, 1.54) is 31.3 Å². The molecule has 7 rings (SSSR count). The number of nitrogens with one attached hydrogen (secondary N) is 3. The number of ether oxygens (including phenoxy) is 4. The monoisotopic (exact) mass is 863 g/mol. The fourth-order valence-corrected chi connectivity index (χ4v) is 10.2. The van der Waals surface area contributed by atoms with Crippen molar-refractivity contribution in [1.29, 1.82) is 0 Å². The van der Waals surface area contributed by atoms with Gasteiger partial charge in [-0.05, 0) is 75.5 Å². The molecule has 2 aromatic rings. The van der Waals surface area contributed by atoms with E-state index in [2.05, 4.69) is 20.3 Å². The summed E-state index contributed by atoms with van der Waals surface area (Å²) in [5, 5.41) is 5.85. The molecule has 1 aromatic carbocycles. The number of carbonyl (C=O) groups excluding carboxylic acids is 4. The van der Waals surface area contributed by atoms with Gasteiger partial charge >= 0.3 is 12.3 Å². The van der Waals surface area contributed by atoms with Crippen molar-refractivity contribution in [2.45, 2.75) is 119 Å². The van der Waals surface area contributed by atoms with Crippen molar-refractivity contribution in [1.82, 2.24) is 25.2 Å². The average Bonchev–Trinajstić information content (AvgIpc) is 4.10. The van der Waals surface area contributed by atoms with Crippen LogP contribution in [0.3, 0.4) is 0 Å². The number of rotatable bonds is 9. The van der Waals surface area contributed by atoms with E-state index in [0.29, 0.717) is 36.8 Å². The predicted molar refractivity (Wildman–Crippen MR) is 210 cm³/mol. The number of nitrogens with zero attached hydrogens (tertiary/aromatic N) is 2. The van der Waals surface area contributed by atoms with Crippen molar-refractivity contribution in [2.24, 2.45) is 11.8 Å². The van der Waals surface area contributed by atoms with Gasteiger partial charge in [-0.25, -0.2) is 18.2 Å². The number of alkyl halides is 3. The summed E-state index contributed by atoms with van der Waals surface area (Å²) in [7, 11) is -1.44. The third-order valence-electron chi connectivity index (χ3n) is 12.3. The van der Waals surface area contributed by atoms with Gasteiger partial charge in [0.05, 0.1) is 32.4 Å². The van der Waals surface area contributed by atoms with Crippen LogP contribution in [-0.4, -0.2) is 104 Å². The first kappa shape index (κ1) is 43.4. The SMILES string of the molecule is COCC1(S(=O)(=O)NC(=O)[C@@]23C[C@H]2/C=C\CCCCC[C@H](NC(=O)OCC(C)C)C(=O)N2C[C@@]4(CCc5c(c(C(F)(F)F)nc6ccc(OC)cc56)O4)C[C@H]2C(=O)N3)CC1. The summed E-state index contributed by atoms with van der Waals surface area (Å²) >= 11 is 0. The Morgan fingerprint density at radius 1 is 1.10 bits per heavy atom. The van der Waals surface area contributed by atoms with Gasteiger partial charge in [-0.2, -0.15) is 13.2 Å². The van der Waals surface area contributed by atoms with Crippen LogP contribution in [-0.2, 0) is 46.5 Å². The number of carbonyl (C=O) groups is 4. The van der Waals surface area contributed by atoms with E-state index in [1.807, 2.05) is 19.9 Å². The maximum absolute atomic E-state index is 14.8. The van der Waals surface area contributed by atoms with Crippen LogP contribution in [0.4, 0.5) is 18.0 Å². The average molecular weight is 864 g/mol. The van der Waals surface area contributed by atoms with Crippen molar-refractivity contribution in [3.05, 3.63) is 41.6 Å². The minimum atomic E-state index is -4.94. The maximum Gasteiger partial charge on any atom is 0.437 e. The lowest BCUT2D eigenvalue weighted by molar-refractivity contribution is -0.144. The smallest absolute Gasteiger partial charge is 0.437 e. The molecular formula is C41H52F3N5O10S. The third-order valence-corrected chi connectivity index (χ3v) is 14.4. The van der Waals surface area contributed by atoms with Gasteiger partial charge < -0.3 is 34.5 Å². The quantitative estimate of drug-likeness (QED) is 0.296. The number of sulfonamides is 1. The number of hydrogen-bond donors (Lipinski definition) is 3. The molecule has 328 valence electrons. The van der Waals surface area contributed by atoms with Gasteiger partial charge in [0, 0.05) is 30.4 Å². The largest absolute Gasteiger partial charge is 0.497 e. The molecule has 1 saturated heterocycles. The van der Waals surface area contributed by atoms with E-state index in [9.17, 15) is 40.8 Å². The summed E-state index contributed by atoms with van der Waals surface area (Å²) in [5.74, 6) is -3.16. The molecule has 3 N–H and O–H groups in total. The zero-order valence-corrected chi connectivity index (χ0v) is 34.9. The Labute approximate surface area is 346 Å². The molecule has 0 bridgehead atoms. The van der Waals surface area contributed by atoms with Gasteiger partial charge in [0.2, 0.25) is 21.8 Å². The van der Waals surface area contributed by atoms with Crippen LogP contribution < -0.4 is 24.8 Å². The van der Waals surface area contributed by atoms with E-state index in [1.54, 1.807) is 12.1 Å². The molecule has 2 saturated carbocycles. The Kier molecular flexibility index (Phi) is 11.8. The molecule has 3 fully saturated rings. The minimum absolute atomic E-state index is 0.000103. The molecule has 2 aliphatic carbocycles. The number of amides is 4. The highest BCUT2D eigenvalue weighted by Gasteiger charge is 2.64. The van der Waals surface area contributed by atoms with Gasteiger partial charge in [0.15, 0.2) is 11.4 Å². The second-order valence-corrected chi connectivity index (χ2v) is 19.3. The fraction of sp³-hybridized carbons (Fsp3) is 0.634. The zero-order chi connectivity index (χ0) is 43.3. The molecule has 0 unspecified atom stereocenters. The molecule has 5 atom stereocenters. The number of hydrogen-bond acceptors (Lipinski definition) is 11. The second-order valence-electron chi connectivity index (χ2n) is 17.2. The third kappa shape index (κ3) is 8.47. The number of aromatic nitrogens is 1. The molecule has 4 heterocycles.